The van der Waals surface area contributed by atoms with Gasteiger partial charge >= 0.3 is 11.9 Å². The molecule has 1 aromatic carbocycles. The average Bonchev–Trinajstić information content (AvgIpc) is 2.93. The molecule has 1 aromatic rings. The third-order valence-electron chi connectivity index (χ3n) is 4.00. The maximum atomic E-state index is 12.3. The van der Waals surface area contributed by atoms with Crippen LogP contribution in [0, 0.1) is 0 Å². The smallest absolute Gasteiger partial charge is 0.374 e. The Morgan fingerprint density at radius 2 is 1.92 bits per heavy atom. The maximum absolute atomic E-state index is 12.3. The summed E-state index contributed by atoms with van der Waals surface area (Å²) in [5, 5.41) is 0. The molecular formula is C20H26O5. The predicted molar refractivity (Wildman–Crippen MR) is 94.6 cm³/mol. The highest BCUT2D eigenvalue weighted by Gasteiger charge is 2.36. The summed E-state index contributed by atoms with van der Waals surface area (Å²) < 4.78 is 16.2. The van der Waals surface area contributed by atoms with E-state index in [1.54, 1.807) is 6.92 Å². The number of unbranched alkanes of at least 4 members (excludes halogenated alkanes) is 2. The topological polar surface area (TPSA) is 61.8 Å². The fraction of sp³-hybridized carbons (Fsp3) is 0.500. The van der Waals surface area contributed by atoms with Gasteiger partial charge in [0.2, 0.25) is 5.76 Å². The minimum Gasteiger partial charge on any atom is -0.486 e. The van der Waals surface area contributed by atoms with Crippen LogP contribution < -0.4 is 0 Å². The van der Waals surface area contributed by atoms with E-state index in [1.165, 1.54) is 0 Å². The predicted octanol–water partition coefficient (Wildman–Crippen LogP) is 3.87. The second kappa shape index (κ2) is 9.87. The van der Waals surface area contributed by atoms with E-state index in [4.69, 9.17) is 14.2 Å². The molecule has 0 saturated heterocycles. The molecule has 5 nitrogen and oxygen atoms in total. The van der Waals surface area contributed by atoms with Crippen molar-refractivity contribution in [2.24, 2.45) is 0 Å². The van der Waals surface area contributed by atoms with E-state index >= 15 is 0 Å². The minimum atomic E-state index is -0.486. The number of esters is 2. The summed E-state index contributed by atoms with van der Waals surface area (Å²) in [6.07, 6.45) is 3.13. The standard InChI is InChI=1S/C20H26O5/c1-3-5-9-14-24-19-18(15-10-7-6-8-11-15)16(25-20(19)22)12-13-17(21)23-4-2/h6-8,10-11,16H,3-5,9,12-14H2,1-2H3. The van der Waals surface area contributed by atoms with Gasteiger partial charge in [-0.2, -0.15) is 0 Å². The number of hydrogen-bond donors (Lipinski definition) is 0. The molecule has 0 radical (unpaired) electrons. The molecule has 136 valence electrons. The van der Waals surface area contributed by atoms with Gasteiger partial charge in [0.25, 0.3) is 0 Å². The fourth-order valence-electron chi connectivity index (χ4n) is 2.78. The number of cyclic esters (lactones) is 1. The van der Waals surface area contributed by atoms with Crippen molar-refractivity contribution in [3.63, 3.8) is 0 Å². The lowest BCUT2D eigenvalue weighted by Gasteiger charge is -2.14. The molecule has 0 N–H and O–H groups in total. The van der Waals surface area contributed by atoms with Crippen LogP contribution in [0.2, 0.25) is 0 Å². The van der Waals surface area contributed by atoms with Gasteiger partial charge in [0.15, 0.2) is 0 Å². The number of carbonyl (C=O) groups excluding carboxylic acids is 2. The van der Waals surface area contributed by atoms with Crippen LogP contribution >= 0.6 is 0 Å². The summed E-state index contributed by atoms with van der Waals surface area (Å²) in [4.78, 5) is 23.9. The monoisotopic (exact) mass is 346 g/mol. The van der Waals surface area contributed by atoms with Gasteiger partial charge in [0, 0.05) is 12.0 Å². The lowest BCUT2D eigenvalue weighted by Crippen LogP contribution is -2.14. The van der Waals surface area contributed by atoms with Crippen molar-refractivity contribution in [3.05, 3.63) is 41.7 Å². The Morgan fingerprint density at radius 3 is 2.60 bits per heavy atom. The quantitative estimate of drug-likeness (QED) is 0.475. The van der Waals surface area contributed by atoms with Crippen molar-refractivity contribution < 1.29 is 23.8 Å². The molecule has 0 bridgehead atoms. The van der Waals surface area contributed by atoms with E-state index in [1.807, 2.05) is 30.3 Å². The molecule has 1 heterocycles. The zero-order valence-corrected chi connectivity index (χ0v) is 15.0. The van der Waals surface area contributed by atoms with Gasteiger partial charge in [0.05, 0.1) is 13.2 Å². The lowest BCUT2D eigenvalue weighted by molar-refractivity contribution is -0.147. The van der Waals surface area contributed by atoms with Gasteiger partial charge in [-0.3, -0.25) is 4.79 Å². The second-order valence-electron chi connectivity index (χ2n) is 5.90. The Kier molecular flexibility index (Phi) is 7.51. The Balaban J connectivity index is 2.16. The van der Waals surface area contributed by atoms with E-state index in [2.05, 4.69) is 6.92 Å². The highest BCUT2D eigenvalue weighted by Crippen LogP contribution is 2.34. The molecule has 0 aromatic heterocycles. The van der Waals surface area contributed by atoms with E-state index in [0.29, 0.717) is 19.6 Å². The molecule has 5 heteroatoms. The van der Waals surface area contributed by atoms with Crippen LogP contribution in [0.4, 0.5) is 0 Å². The van der Waals surface area contributed by atoms with Crippen molar-refractivity contribution in [2.45, 2.75) is 52.1 Å². The first-order chi connectivity index (χ1) is 12.2. The third kappa shape index (κ3) is 5.34. The first-order valence-corrected chi connectivity index (χ1v) is 8.96. The van der Waals surface area contributed by atoms with Crippen LogP contribution in [0.15, 0.2) is 36.1 Å². The van der Waals surface area contributed by atoms with Crippen molar-refractivity contribution in [1.82, 2.24) is 0 Å². The number of rotatable bonds is 10. The molecular weight excluding hydrogens is 320 g/mol. The van der Waals surface area contributed by atoms with Gasteiger partial charge in [-0.15, -0.1) is 0 Å². The molecule has 0 aliphatic carbocycles. The Morgan fingerprint density at radius 1 is 1.16 bits per heavy atom. The van der Waals surface area contributed by atoms with E-state index in [-0.39, 0.29) is 18.1 Å². The zero-order valence-electron chi connectivity index (χ0n) is 15.0. The summed E-state index contributed by atoms with van der Waals surface area (Å²) in [6, 6.07) is 9.57. The summed E-state index contributed by atoms with van der Waals surface area (Å²) in [5.74, 6) is -0.469. The Labute approximate surface area is 149 Å². The van der Waals surface area contributed by atoms with Crippen molar-refractivity contribution in [2.75, 3.05) is 13.2 Å². The number of ether oxygens (including phenoxy) is 3. The minimum absolute atomic E-state index is 0.200. The molecule has 1 unspecified atom stereocenters. The van der Waals surface area contributed by atoms with Gasteiger partial charge in [-0.05, 0) is 25.3 Å². The Bertz CT molecular complexity index is 606. The number of hydrogen-bond acceptors (Lipinski definition) is 5. The zero-order chi connectivity index (χ0) is 18.1. The van der Waals surface area contributed by atoms with E-state index in [0.717, 1.165) is 30.4 Å². The molecule has 25 heavy (non-hydrogen) atoms. The Hall–Kier alpha value is -2.30. The second-order valence-corrected chi connectivity index (χ2v) is 5.90. The summed E-state index contributed by atoms with van der Waals surface area (Å²) in [5.41, 5.74) is 1.61. The molecule has 1 aliphatic heterocycles. The molecule has 0 saturated carbocycles. The third-order valence-corrected chi connectivity index (χ3v) is 4.00. The summed E-state index contributed by atoms with van der Waals surface area (Å²) in [7, 11) is 0. The van der Waals surface area contributed by atoms with Crippen molar-refractivity contribution in [1.29, 1.82) is 0 Å². The van der Waals surface area contributed by atoms with Crippen LogP contribution in [-0.2, 0) is 23.8 Å². The highest BCUT2D eigenvalue weighted by atomic mass is 16.6. The van der Waals surface area contributed by atoms with Crippen LogP contribution in [0.3, 0.4) is 0 Å². The van der Waals surface area contributed by atoms with Crippen molar-refractivity contribution in [3.8, 4) is 0 Å². The molecule has 1 atom stereocenters. The number of benzene rings is 1. The molecule has 0 fully saturated rings. The first kappa shape index (κ1) is 19.0. The maximum Gasteiger partial charge on any atom is 0.374 e. The summed E-state index contributed by atoms with van der Waals surface area (Å²) in [6.45, 7) is 4.71. The first-order valence-electron chi connectivity index (χ1n) is 8.96. The fourth-order valence-corrected chi connectivity index (χ4v) is 2.78. The van der Waals surface area contributed by atoms with Crippen LogP contribution in [0.25, 0.3) is 5.57 Å². The highest BCUT2D eigenvalue weighted by molar-refractivity contribution is 6.01. The van der Waals surface area contributed by atoms with Crippen molar-refractivity contribution >= 4 is 17.5 Å². The van der Waals surface area contributed by atoms with Crippen LogP contribution in [0.1, 0.15) is 51.5 Å². The molecule has 0 amide bonds. The van der Waals surface area contributed by atoms with Gasteiger partial charge in [0.1, 0.15) is 6.10 Å². The van der Waals surface area contributed by atoms with Gasteiger partial charge < -0.3 is 14.2 Å². The van der Waals surface area contributed by atoms with Crippen LogP contribution in [0.5, 0.6) is 0 Å². The summed E-state index contributed by atoms with van der Waals surface area (Å²) >= 11 is 0. The average molecular weight is 346 g/mol. The largest absolute Gasteiger partial charge is 0.486 e. The van der Waals surface area contributed by atoms with Gasteiger partial charge in [-0.1, -0.05) is 50.1 Å². The van der Waals surface area contributed by atoms with Crippen LogP contribution in [-0.4, -0.2) is 31.3 Å². The SMILES string of the molecule is CCCCCOC1=C(c2ccccc2)C(CCC(=O)OCC)OC1=O. The molecule has 1 aliphatic rings. The van der Waals surface area contributed by atoms with Gasteiger partial charge in [-0.25, -0.2) is 4.79 Å². The lowest BCUT2D eigenvalue weighted by atomic mass is 9.97. The van der Waals surface area contributed by atoms with E-state index in [9.17, 15) is 9.59 Å². The van der Waals surface area contributed by atoms with E-state index < -0.39 is 12.1 Å². The number of carbonyl (C=O) groups is 2. The normalized spacial score (nSPS) is 16.7. The molecule has 0 spiro atoms. The molecule has 2 rings (SSSR count).